The van der Waals surface area contributed by atoms with E-state index in [2.05, 4.69) is 20.8 Å². The van der Waals surface area contributed by atoms with Gasteiger partial charge >= 0.3 is 0 Å². The monoisotopic (exact) mass is 309 g/mol. The number of tetrazole rings is 1. The summed E-state index contributed by atoms with van der Waals surface area (Å²) in [5.74, 6) is 0.475. The summed E-state index contributed by atoms with van der Waals surface area (Å²) >= 11 is 0. The van der Waals surface area contributed by atoms with Gasteiger partial charge < -0.3 is 10.1 Å². The van der Waals surface area contributed by atoms with Crippen molar-refractivity contribution in [3.8, 4) is 11.4 Å². The summed E-state index contributed by atoms with van der Waals surface area (Å²) in [6.45, 7) is 0. The van der Waals surface area contributed by atoms with Crippen molar-refractivity contribution < 1.29 is 9.53 Å². The lowest BCUT2D eigenvalue weighted by atomic mass is 10.1. The fourth-order valence-corrected chi connectivity index (χ4v) is 2.20. The number of rotatable bonds is 5. The average Bonchev–Trinajstić information content (AvgIpc) is 3.10. The van der Waals surface area contributed by atoms with Crippen LogP contribution in [0, 0.1) is 0 Å². The number of carbonyl (C=O) groups excluding carboxylic acids is 1. The van der Waals surface area contributed by atoms with Gasteiger partial charge in [-0.3, -0.25) is 4.79 Å². The Morgan fingerprint density at radius 2 is 2.04 bits per heavy atom. The Morgan fingerprint density at radius 3 is 2.74 bits per heavy atom. The zero-order valence-electron chi connectivity index (χ0n) is 12.5. The van der Waals surface area contributed by atoms with E-state index < -0.39 is 0 Å². The molecule has 1 heterocycles. The van der Waals surface area contributed by atoms with Gasteiger partial charge in [-0.1, -0.05) is 30.3 Å². The number of benzene rings is 2. The number of nitrogens with zero attached hydrogens (tertiary/aromatic N) is 4. The maximum absolute atomic E-state index is 12.1. The van der Waals surface area contributed by atoms with E-state index in [1.165, 1.54) is 11.0 Å². The second-order valence-corrected chi connectivity index (χ2v) is 4.85. The van der Waals surface area contributed by atoms with Crippen molar-refractivity contribution in [3.05, 3.63) is 60.4 Å². The average molecular weight is 309 g/mol. The van der Waals surface area contributed by atoms with E-state index in [0.29, 0.717) is 23.5 Å². The molecule has 0 unspecified atom stereocenters. The molecule has 0 aliphatic heterocycles. The quantitative estimate of drug-likeness (QED) is 0.778. The molecule has 0 saturated carbocycles. The number of methoxy groups -OCH3 is 1. The molecular formula is C16H15N5O2. The van der Waals surface area contributed by atoms with Gasteiger partial charge in [0.25, 0.3) is 0 Å². The molecule has 0 bridgehead atoms. The molecular weight excluding hydrogens is 294 g/mol. The highest BCUT2D eigenvalue weighted by Crippen LogP contribution is 2.25. The van der Waals surface area contributed by atoms with Gasteiger partial charge in [0.15, 0.2) is 0 Å². The number of aromatic nitrogens is 4. The van der Waals surface area contributed by atoms with Gasteiger partial charge in [-0.05, 0) is 28.1 Å². The minimum Gasteiger partial charge on any atom is -0.494 e. The molecule has 0 aliphatic carbocycles. The number of hydrogen-bond acceptors (Lipinski definition) is 5. The van der Waals surface area contributed by atoms with Crippen molar-refractivity contribution in [2.24, 2.45) is 0 Å². The number of nitrogens with one attached hydrogen (secondary N) is 1. The molecule has 2 aromatic carbocycles. The van der Waals surface area contributed by atoms with Gasteiger partial charge in [0.05, 0.1) is 13.5 Å². The lowest BCUT2D eigenvalue weighted by molar-refractivity contribution is -0.115. The first kappa shape index (κ1) is 14.7. The molecule has 1 N–H and O–H groups in total. The molecule has 0 spiro atoms. The van der Waals surface area contributed by atoms with Crippen LogP contribution in [0.5, 0.6) is 5.75 Å². The van der Waals surface area contributed by atoms with Gasteiger partial charge in [0.2, 0.25) is 5.91 Å². The molecule has 0 saturated heterocycles. The molecule has 0 fully saturated rings. The zero-order valence-corrected chi connectivity index (χ0v) is 12.5. The molecule has 1 amide bonds. The van der Waals surface area contributed by atoms with Gasteiger partial charge in [0.1, 0.15) is 17.8 Å². The Kier molecular flexibility index (Phi) is 4.28. The number of ether oxygens (including phenoxy) is 1. The minimum absolute atomic E-state index is 0.0894. The standard InChI is InChI=1S/C16H15N5O2/c1-23-15-10-13(7-8-14(15)21-11-17-19-20-21)18-16(22)9-12-5-3-2-4-6-12/h2-8,10-11H,9H2,1H3,(H,18,22). The van der Waals surface area contributed by atoms with E-state index in [9.17, 15) is 4.79 Å². The molecule has 23 heavy (non-hydrogen) atoms. The Labute approximate surface area is 132 Å². The second kappa shape index (κ2) is 6.69. The molecule has 3 aromatic rings. The fraction of sp³-hybridized carbons (Fsp3) is 0.125. The van der Waals surface area contributed by atoms with Crippen LogP contribution in [0.1, 0.15) is 5.56 Å². The predicted molar refractivity (Wildman–Crippen MR) is 84.5 cm³/mol. The highest BCUT2D eigenvalue weighted by Gasteiger charge is 2.10. The Hall–Kier alpha value is -3.22. The number of amides is 1. The Morgan fingerprint density at radius 1 is 1.22 bits per heavy atom. The van der Waals surface area contributed by atoms with Gasteiger partial charge in [0, 0.05) is 11.8 Å². The topological polar surface area (TPSA) is 81.9 Å². The van der Waals surface area contributed by atoms with Gasteiger partial charge in [-0.15, -0.1) is 5.10 Å². The van der Waals surface area contributed by atoms with Crippen LogP contribution in [0.4, 0.5) is 5.69 Å². The first-order chi connectivity index (χ1) is 11.3. The first-order valence-electron chi connectivity index (χ1n) is 7.01. The molecule has 0 radical (unpaired) electrons. The van der Waals surface area contributed by atoms with Crippen LogP contribution in [-0.4, -0.2) is 33.2 Å². The maximum Gasteiger partial charge on any atom is 0.228 e. The van der Waals surface area contributed by atoms with Crippen LogP contribution in [0.3, 0.4) is 0 Å². The molecule has 0 aliphatic rings. The van der Waals surface area contributed by atoms with Crippen molar-refractivity contribution in [2.45, 2.75) is 6.42 Å². The van der Waals surface area contributed by atoms with E-state index in [0.717, 1.165) is 5.56 Å². The first-order valence-corrected chi connectivity index (χ1v) is 7.01. The van der Waals surface area contributed by atoms with Crippen LogP contribution in [0.2, 0.25) is 0 Å². The molecule has 7 nitrogen and oxygen atoms in total. The third-order valence-electron chi connectivity index (χ3n) is 3.27. The van der Waals surface area contributed by atoms with Crippen molar-refractivity contribution in [2.75, 3.05) is 12.4 Å². The van der Waals surface area contributed by atoms with E-state index in [4.69, 9.17) is 4.74 Å². The molecule has 7 heteroatoms. The summed E-state index contributed by atoms with van der Waals surface area (Å²) in [6, 6.07) is 14.9. The molecule has 116 valence electrons. The summed E-state index contributed by atoms with van der Waals surface area (Å²) in [5.41, 5.74) is 2.31. The van der Waals surface area contributed by atoms with E-state index in [1.54, 1.807) is 25.3 Å². The SMILES string of the molecule is COc1cc(NC(=O)Cc2ccccc2)ccc1-n1cnnn1. The minimum atomic E-state index is -0.0894. The molecule has 3 rings (SSSR count). The highest BCUT2D eigenvalue weighted by molar-refractivity contribution is 5.92. The Bertz CT molecular complexity index is 787. The number of hydrogen-bond donors (Lipinski definition) is 1. The molecule has 0 atom stereocenters. The van der Waals surface area contributed by atoms with Crippen molar-refractivity contribution in [3.63, 3.8) is 0 Å². The van der Waals surface area contributed by atoms with Gasteiger partial charge in [-0.25, -0.2) is 0 Å². The number of anilines is 1. The lowest BCUT2D eigenvalue weighted by Crippen LogP contribution is -2.14. The predicted octanol–water partition coefficient (Wildman–Crippen LogP) is 1.85. The number of carbonyl (C=O) groups is 1. The summed E-state index contributed by atoms with van der Waals surface area (Å²) in [5, 5.41) is 13.9. The van der Waals surface area contributed by atoms with E-state index >= 15 is 0 Å². The van der Waals surface area contributed by atoms with Crippen LogP contribution >= 0.6 is 0 Å². The highest BCUT2D eigenvalue weighted by atomic mass is 16.5. The summed E-state index contributed by atoms with van der Waals surface area (Å²) in [4.78, 5) is 12.1. The second-order valence-electron chi connectivity index (χ2n) is 4.85. The normalized spacial score (nSPS) is 10.3. The largest absolute Gasteiger partial charge is 0.494 e. The van der Waals surface area contributed by atoms with Gasteiger partial charge in [-0.2, -0.15) is 4.68 Å². The zero-order chi connectivity index (χ0) is 16.1. The van der Waals surface area contributed by atoms with Crippen LogP contribution in [-0.2, 0) is 11.2 Å². The Balaban J connectivity index is 1.75. The maximum atomic E-state index is 12.1. The van der Waals surface area contributed by atoms with E-state index in [-0.39, 0.29) is 5.91 Å². The smallest absolute Gasteiger partial charge is 0.228 e. The van der Waals surface area contributed by atoms with Crippen molar-refractivity contribution in [1.29, 1.82) is 0 Å². The van der Waals surface area contributed by atoms with E-state index in [1.807, 2.05) is 30.3 Å². The third kappa shape index (κ3) is 3.52. The van der Waals surface area contributed by atoms with Crippen molar-refractivity contribution >= 4 is 11.6 Å². The summed E-state index contributed by atoms with van der Waals surface area (Å²) in [7, 11) is 1.55. The van der Waals surface area contributed by atoms with Crippen LogP contribution in [0.15, 0.2) is 54.9 Å². The summed E-state index contributed by atoms with van der Waals surface area (Å²) in [6.07, 6.45) is 1.80. The lowest BCUT2D eigenvalue weighted by Gasteiger charge is -2.11. The molecule has 1 aromatic heterocycles. The summed E-state index contributed by atoms with van der Waals surface area (Å²) < 4.78 is 6.84. The van der Waals surface area contributed by atoms with Crippen LogP contribution < -0.4 is 10.1 Å². The third-order valence-corrected chi connectivity index (χ3v) is 3.27. The van der Waals surface area contributed by atoms with Crippen LogP contribution in [0.25, 0.3) is 5.69 Å². The van der Waals surface area contributed by atoms with Crippen molar-refractivity contribution in [1.82, 2.24) is 20.2 Å². The fourth-order valence-electron chi connectivity index (χ4n) is 2.20.